The molecule has 0 amide bonds. The van der Waals surface area contributed by atoms with Gasteiger partial charge in [-0.2, -0.15) is 0 Å². The summed E-state index contributed by atoms with van der Waals surface area (Å²) in [7, 11) is 0. The minimum absolute atomic E-state index is 0.799. The van der Waals surface area contributed by atoms with E-state index in [1.807, 2.05) is 13.0 Å². The molecule has 3 heteroatoms. The first-order valence-corrected chi connectivity index (χ1v) is 3.81. The maximum atomic E-state index is 4.89. The molecule has 48 valence electrons. The van der Waals surface area contributed by atoms with Crippen molar-refractivity contribution < 1.29 is 0 Å². The molecule has 1 nitrogen and oxygen atoms in total. The Balaban J connectivity index is 3.72. The minimum Gasteiger partial charge on any atom is -0.337 e. The van der Waals surface area contributed by atoms with Crippen molar-refractivity contribution in [2.45, 2.75) is 6.92 Å². The fraction of sp³-hybridized carbons (Fsp3) is 0.167. The van der Waals surface area contributed by atoms with Crippen LogP contribution in [0.4, 0.5) is 0 Å². The van der Waals surface area contributed by atoms with Crippen molar-refractivity contribution >= 4 is 36.2 Å². The molecular formula is C6H7NS2. The van der Waals surface area contributed by atoms with E-state index in [9.17, 15) is 0 Å². The topological polar surface area (TPSA) is 15.8 Å². The zero-order valence-corrected chi connectivity index (χ0v) is 6.73. The number of aromatic amines is 1. The standard InChI is InChI=1S/C6H7NS2/c1-3-5-4(2)7-6(8)9-5/h3H,2H2,1H3,(H,7,8)/b5-3+. The zero-order chi connectivity index (χ0) is 6.85. The summed E-state index contributed by atoms with van der Waals surface area (Å²) in [5.41, 5.74) is 0. The maximum absolute atomic E-state index is 4.89. The van der Waals surface area contributed by atoms with E-state index in [-0.39, 0.29) is 0 Å². The van der Waals surface area contributed by atoms with Gasteiger partial charge in [-0.1, -0.05) is 12.7 Å². The van der Waals surface area contributed by atoms with Crippen LogP contribution < -0.4 is 9.88 Å². The molecule has 0 fully saturated rings. The molecule has 1 heterocycles. The highest BCUT2D eigenvalue weighted by Crippen LogP contribution is 1.82. The Labute approximate surface area is 62.4 Å². The molecule has 1 rings (SSSR count). The molecule has 1 N–H and O–H groups in total. The molecule has 0 atom stereocenters. The van der Waals surface area contributed by atoms with E-state index >= 15 is 0 Å². The number of thiazole rings is 1. The van der Waals surface area contributed by atoms with E-state index in [0.29, 0.717) is 0 Å². The van der Waals surface area contributed by atoms with Gasteiger partial charge in [0.05, 0.1) is 0 Å². The van der Waals surface area contributed by atoms with Crippen molar-refractivity contribution in [2.24, 2.45) is 0 Å². The summed E-state index contributed by atoms with van der Waals surface area (Å²) in [6.07, 6.45) is 2.00. The summed E-state index contributed by atoms with van der Waals surface area (Å²) in [4.78, 5) is 2.95. The van der Waals surface area contributed by atoms with Crippen LogP contribution in [-0.4, -0.2) is 4.98 Å². The Bertz CT molecular complexity index is 344. The molecule has 1 aromatic heterocycles. The number of aromatic nitrogens is 1. The lowest BCUT2D eigenvalue weighted by Crippen LogP contribution is -2.17. The number of nitrogens with one attached hydrogen (secondary N) is 1. The van der Waals surface area contributed by atoms with Gasteiger partial charge in [-0.3, -0.25) is 0 Å². The Hall–Kier alpha value is -0.410. The van der Waals surface area contributed by atoms with Crippen molar-refractivity contribution in [1.82, 2.24) is 4.98 Å². The summed E-state index contributed by atoms with van der Waals surface area (Å²) < 4.78 is 1.94. The normalized spacial score (nSPS) is 12.3. The monoisotopic (exact) mass is 157 g/mol. The molecule has 0 aliphatic carbocycles. The van der Waals surface area contributed by atoms with Crippen LogP contribution in [0.1, 0.15) is 6.92 Å². The fourth-order valence-electron chi connectivity index (χ4n) is 0.605. The molecule has 0 aliphatic heterocycles. The van der Waals surface area contributed by atoms with Gasteiger partial charge < -0.3 is 4.98 Å². The van der Waals surface area contributed by atoms with Gasteiger partial charge in [0, 0.05) is 9.88 Å². The SMILES string of the molecule is C=c1[nH]c(=S)s/c1=C/C. The maximum Gasteiger partial charge on any atom is 0.159 e. The van der Waals surface area contributed by atoms with Crippen molar-refractivity contribution in [3.8, 4) is 0 Å². The fourth-order valence-corrected chi connectivity index (χ4v) is 1.66. The van der Waals surface area contributed by atoms with E-state index in [0.717, 1.165) is 13.8 Å². The van der Waals surface area contributed by atoms with Crippen molar-refractivity contribution in [3.05, 3.63) is 13.8 Å². The van der Waals surface area contributed by atoms with E-state index < -0.39 is 0 Å². The Morgan fingerprint density at radius 3 is 2.67 bits per heavy atom. The largest absolute Gasteiger partial charge is 0.337 e. The minimum atomic E-state index is 0.799. The summed E-state index contributed by atoms with van der Waals surface area (Å²) in [6.45, 7) is 5.74. The van der Waals surface area contributed by atoms with Gasteiger partial charge in [0.25, 0.3) is 0 Å². The molecule has 0 unspecified atom stereocenters. The molecule has 9 heavy (non-hydrogen) atoms. The van der Waals surface area contributed by atoms with Gasteiger partial charge in [0.1, 0.15) is 0 Å². The predicted molar refractivity (Wildman–Crippen MR) is 44.4 cm³/mol. The zero-order valence-electron chi connectivity index (χ0n) is 5.10. The van der Waals surface area contributed by atoms with Crippen LogP contribution in [0, 0.1) is 3.95 Å². The van der Waals surface area contributed by atoms with Crippen LogP contribution in [0.5, 0.6) is 0 Å². The first kappa shape index (κ1) is 6.71. The molecule has 1 aromatic rings. The number of hydrogen-bond acceptors (Lipinski definition) is 2. The van der Waals surface area contributed by atoms with Gasteiger partial charge in [-0.25, -0.2) is 0 Å². The van der Waals surface area contributed by atoms with Gasteiger partial charge in [0.2, 0.25) is 0 Å². The molecule has 0 bridgehead atoms. The lowest BCUT2D eigenvalue weighted by molar-refractivity contribution is 1.31. The first-order chi connectivity index (χ1) is 4.24. The van der Waals surface area contributed by atoms with Crippen LogP contribution in [0.2, 0.25) is 0 Å². The molecule has 0 saturated carbocycles. The van der Waals surface area contributed by atoms with E-state index in [1.54, 1.807) is 11.3 Å². The van der Waals surface area contributed by atoms with Crippen LogP contribution in [-0.2, 0) is 0 Å². The number of hydrogen-bond donors (Lipinski definition) is 1. The van der Waals surface area contributed by atoms with Crippen LogP contribution >= 0.6 is 23.6 Å². The molecule has 0 aromatic carbocycles. The highest BCUT2D eigenvalue weighted by Gasteiger charge is 1.82. The second-order valence-electron chi connectivity index (χ2n) is 1.65. The average molecular weight is 157 g/mol. The molecule has 0 saturated heterocycles. The lowest BCUT2D eigenvalue weighted by Gasteiger charge is -1.66. The third-order valence-corrected chi connectivity index (χ3v) is 2.36. The highest BCUT2D eigenvalue weighted by atomic mass is 32.1. The molecule has 0 spiro atoms. The van der Waals surface area contributed by atoms with Gasteiger partial charge in [0.15, 0.2) is 3.95 Å². The number of rotatable bonds is 0. The van der Waals surface area contributed by atoms with Crippen molar-refractivity contribution in [2.75, 3.05) is 0 Å². The summed E-state index contributed by atoms with van der Waals surface area (Å²) >= 11 is 6.45. The average Bonchev–Trinajstić information content (AvgIpc) is 2.10. The van der Waals surface area contributed by atoms with Gasteiger partial charge in [-0.05, 0) is 19.1 Å². The summed E-state index contributed by atoms with van der Waals surface area (Å²) in [6, 6.07) is 0. The van der Waals surface area contributed by atoms with Crippen molar-refractivity contribution in [3.63, 3.8) is 0 Å². The second kappa shape index (κ2) is 2.45. The summed E-state index contributed by atoms with van der Waals surface area (Å²) in [5, 5.41) is 0.924. The van der Waals surface area contributed by atoms with E-state index in [1.165, 1.54) is 0 Å². The Morgan fingerprint density at radius 1 is 1.78 bits per heavy atom. The number of H-pyrrole nitrogens is 1. The smallest absolute Gasteiger partial charge is 0.159 e. The third-order valence-electron chi connectivity index (χ3n) is 1.02. The summed E-state index contributed by atoms with van der Waals surface area (Å²) in [5.74, 6) is 0. The molecular weight excluding hydrogens is 150 g/mol. The second-order valence-corrected chi connectivity index (χ2v) is 3.36. The third kappa shape index (κ3) is 1.28. The first-order valence-electron chi connectivity index (χ1n) is 2.58. The van der Waals surface area contributed by atoms with Crippen LogP contribution in [0.25, 0.3) is 12.7 Å². The Morgan fingerprint density at radius 2 is 2.44 bits per heavy atom. The Kier molecular flexibility index (Phi) is 1.83. The van der Waals surface area contributed by atoms with Crippen LogP contribution in [0.15, 0.2) is 0 Å². The van der Waals surface area contributed by atoms with E-state index in [2.05, 4.69) is 11.6 Å². The van der Waals surface area contributed by atoms with E-state index in [4.69, 9.17) is 12.2 Å². The predicted octanol–water partition coefficient (Wildman–Crippen LogP) is 1.02. The van der Waals surface area contributed by atoms with Gasteiger partial charge >= 0.3 is 0 Å². The van der Waals surface area contributed by atoms with Crippen LogP contribution in [0.3, 0.4) is 0 Å². The highest BCUT2D eigenvalue weighted by molar-refractivity contribution is 7.73. The van der Waals surface area contributed by atoms with Crippen molar-refractivity contribution in [1.29, 1.82) is 0 Å². The lowest BCUT2D eigenvalue weighted by atomic mass is 10.6. The quantitative estimate of drug-likeness (QED) is 0.556. The van der Waals surface area contributed by atoms with Gasteiger partial charge in [-0.15, -0.1) is 11.3 Å². The molecule has 0 radical (unpaired) electrons. The molecule has 0 aliphatic rings.